The van der Waals surface area contributed by atoms with Gasteiger partial charge in [-0.05, 0) is 59.2 Å². The van der Waals surface area contributed by atoms with Crippen molar-refractivity contribution in [3.63, 3.8) is 0 Å². The lowest BCUT2D eigenvalue weighted by molar-refractivity contribution is 0.0943. The van der Waals surface area contributed by atoms with Crippen LogP contribution in [-0.2, 0) is 6.42 Å². The number of carbonyl (C=O) groups is 1. The van der Waals surface area contributed by atoms with Gasteiger partial charge < -0.3 is 15.8 Å². The average Bonchev–Trinajstić information content (AvgIpc) is 3.20. The highest BCUT2D eigenvalue weighted by Crippen LogP contribution is 2.35. The molecule has 0 aliphatic carbocycles. The number of nitrogens with one attached hydrogen (secondary N) is 1. The minimum atomic E-state index is -1.27. The predicted octanol–water partition coefficient (Wildman–Crippen LogP) is 5.31. The molecule has 3 N–H and O–H groups in total. The lowest BCUT2D eigenvalue weighted by Crippen LogP contribution is -2.30. The molecule has 1 amide bonds. The zero-order valence-electron chi connectivity index (χ0n) is 15.5. The average molecular weight is 449 g/mol. The maximum absolute atomic E-state index is 13.9. The second-order valence-corrected chi connectivity index (χ2v) is 7.70. The maximum atomic E-state index is 13.9. The summed E-state index contributed by atoms with van der Waals surface area (Å²) < 4.78 is 32.8. The second kappa shape index (κ2) is 8.13. The molecule has 30 heavy (non-hydrogen) atoms. The zero-order valence-corrected chi connectivity index (χ0v) is 17.0. The van der Waals surface area contributed by atoms with E-state index in [2.05, 4.69) is 5.32 Å². The second-order valence-electron chi connectivity index (χ2n) is 6.86. The number of carbonyl (C=O) groups excluding carboxylic acids is 1. The Hall–Kier alpha value is -2.83. The van der Waals surface area contributed by atoms with Crippen molar-refractivity contribution in [1.82, 2.24) is 5.32 Å². The van der Waals surface area contributed by atoms with E-state index in [9.17, 15) is 13.6 Å². The third-order valence-electron chi connectivity index (χ3n) is 4.97. The molecule has 0 aromatic heterocycles. The molecule has 4 rings (SSSR count). The van der Waals surface area contributed by atoms with E-state index in [0.29, 0.717) is 22.2 Å². The van der Waals surface area contributed by atoms with Gasteiger partial charge in [0.2, 0.25) is 0 Å². The van der Waals surface area contributed by atoms with Crippen LogP contribution in [-0.4, -0.2) is 12.5 Å². The van der Waals surface area contributed by atoms with E-state index in [1.807, 2.05) is 12.1 Å². The number of anilines is 1. The molecular weight excluding hydrogens is 433 g/mol. The molecule has 4 nitrogen and oxygen atoms in total. The predicted molar refractivity (Wildman–Crippen MR) is 112 cm³/mol. The molecule has 0 fully saturated rings. The first-order valence-electron chi connectivity index (χ1n) is 9.10. The van der Waals surface area contributed by atoms with Crippen LogP contribution < -0.4 is 15.8 Å². The molecule has 0 spiro atoms. The van der Waals surface area contributed by atoms with Gasteiger partial charge in [0.15, 0.2) is 11.6 Å². The highest BCUT2D eigenvalue weighted by atomic mass is 35.5. The number of benzene rings is 3. The molecule has 0 radical (unpaired) electrons. The summed E-state index contributed by atoms with van der Waals surface area (Å²) in [6.07, 6.45) is 0.739. The van der Waals surface area contributed by atoms with Gasteiger partial charge in [-0.15, -0.1) is 0 Å². The van der Waals surface area contributed by atoms with E-state index < -0.39 is 29.3 Å². The Morgan fingerprint density at radius 1 is 1.10 bits per heavy atom. The molecule has 1 heterocycles. The third-order valence-corrected chi connectivity index (χ3v) is 5.55. The third kappa shape index (κ3) is 3.80. The Bertz CT molecular complexity index is 1150. The number of nitrogens with two attached hydrogens (primary N) is 1. The van der Waals surface area contributed by atoms with Crippen LogP contribution in [0.4, 0.5) is 14.5 Å². The van der Waals surface area contributed by atoms with Gasteiger partial charge in [0.05, 0.1) is 23.9 Å². The van der Waals surface area contributed by atoms with Crippen LogP contribution >= 0.6 is 23.2 Å². The fraction of sp³-hybridized carbons (Fsp3) is 0.136. The van der Waals surface area contributed by atoms with Crippen molar-refractivity contribution < 1.29 is 18.3 Å². The van der Waals surface area contributed by atoms with Crippen molar-refractivity contribution in [3.8, 4) is 5.75 Å². The van der Waals surface area contributed by atoms with Gasteiger partial charge in [-0.3, -0.25) is 4.79 Å². The first-order chi connectivity index (χ1) is 14.3. The van der Waals surface area contributed by atoms with Crippen LogP contribution in [0.15, 0.2) is 48.5 Å². The number of hydrogen-bond donors (Lipinski definition) is 2. The van der Waals surface area contributed by atoms with Gasteiger partial charge in [-0.1, -0.05) is 29.3 Å². The smallest absolute Gasteiger partial charge is 0.254 e. The van der Waals surface area contributed by atoms with E-state index in [1.54, 1.807) is 24.3 Å². The molecule has 1 aliphatic rings. The number of rotatable bonds is 4. The first-order valence-corrected chi connectivity index (χ1v) is 9.85. The Kier molecular flexibility index (Phi) is 5.54. The van der Waals surface area contributed by atoms with E-state index in [0.717, 1.165) is 35.4 Å². The summed E-state index contributed by atoms with van der Waals surface area (Å²) in [5, 5.41) is 3.64. The van der Waals surface area contributed by atoms with Crippen LogP contribution in [0.2, 0.25) is 10.0 Å². The molecule has 0 saturated heterocycles. The molecule has 3 aromatic carbocycles. The van der Waals surface area contributed by atoms with Crippen LogP contribution in [0.25, 0.3) is 0 Å². The molecular formula is C22H16Cl2F2N2O2. The normalized spacial score (nSPS) is 13.5. The largest absolute Gasteiger partial charge is 0.493 e. The molecule has 8 heteroatoms. The van der Waals surface area contributed by atoms with Crippen molar-refractivity contribution in [1.29, 1.82) is 0 Å². The summed E-state index contributed by atoms with van der Waals surface area (Å²) in [6.45, 7) is 0.582. The lowest BCUT2D eigenvalue weighted by Gasteiger charge is -2.22. The maximum Gasteiger partial charge on any atom is 0.254 e. The number of amides is 1. The van der Waals surface area contributed by atoms with Crippen LogP contribution in [0.5, 0.6) is 5.75 Å². The summed E-state index contributed by atoms with van der Waals surface area (Å²) in [6, 6.07) is 11.7. The minimum absolute atomic E-state index is 0.179. The monoisotopic (exact) mass is 448 g/mol. The van der Waals surface area contributed by atoms with Gasteiger partial charge in [0, 0.05) is 16.5 Å². The summed E-state index contributed by atoms with van der Waals surface area (Å²) in [5.74, 6) is -2.29. The van der Waals surface area contributed by atoms with Crippen molar-refractivity contribution in [2.75, 3.05) is 12.3 Å². The fourth-order valence-corrected chi connectivity index (χ4v) is 3.84. The van der Waals surface area contributed by atoms with Gasteiger partial charge in [0.25, 0.3) is 5.91 Å². The topological polar surface area (TPSA) is 64.4 Å². The summed E-state index contributed by atoms with van der Waals surface area (Å²) >= 11 is 12.6. The first kappa shape index (κ1) is 20.4. The van der Waals surface area contributed by atoms with Gasteiger partial charge >= 0.3 is 0 Å². The van der Waals surface area contributed by atoms with E-state index in [4.69, 9.17) is 33.7 Å². The van der Waals surface area contributed by atoms with Crippen molar-refractivity contribution in [2.24, 2.45) is 0 Å². The number of hydrogen-bond acceptors (Lipinski definition) is 3. The number of ether oxygens (including phenoxy) is 1. The highest BCUT2D eigenvalue weighted by Gasteiger charge is 2.25. The fourth-order valence-electron chi connectivity index (χ4n) is 3.44. The van der Waals surface area contributed by atoms with Crippen LogP contribution in [0.3, 0.4) is 0 Å². The molecule has 1 aliphatic heterocycles. The van der Waals surface area contributed by atoms with E-state index >= 15 is 0 Å². The quantitative estimate of drug-likeness (QED) is 0.531. The molecule has 1 atom stereocenters. The standard InChI is InChI=1S/C22H16Cl2F2N2O2/c23-13-2-4-16(24)15(10-13)21(12-1-6-18-11(9-12)7-8-30-18)28-22(29)14-3-5-17(25)19(26)20(14)27/h1-6,9-10,21H,7-8,27H2,(H,28,29). The molecule has 3 aromatic rings. The summed E-state index contributed by atoms with van der Waals surface area (Å²) in [4.78, 5) is 12.9. The minimum Gasteiger partial charge on any atom is -0.493 e. The van der Waals surface area contributed by atoms with Crippen LogP contribution in [0.1, 0.15) is 33.1 Å². The highest BCUT2D eigenvalue weighted by molar-refractivity contribution is 6.33. The van der Waals surface area contributed by atoms with Crippen molar-refractivity contribution in [2.45, 2.75) is 12.5 Å². The Morgan fingerprint density at radius 2 is 1.90 bits per heavy atom. The van der Waals surface area contributed by atoms with E-state index in [1.165, 1.54) is 0 Å². The lowest BCUT2D eigenvalue weighted by atomic mass is 9.95. The SMILES string of the molecule is Nc1c(C(=O)NC(c2ccc3c(c2)CCO3)c2cc(Cl)ccc2Cl)ccc(F)c1F. The number of fused-ring (bicyclic) bond motifs is 1. The molecule has 154 valence electrons. The van der Waals surface area contributed by atoms with Crippen molar-refractivity contribution in [3.05, 3.63) is 92.5 Å². The molecule has 0 saturated carbocycles. The Morgan fingerprint density at radius 3 is 2.70 bits per heavy atom. The van der Waals surface area contributed by atoms with Crippen LogP contribution in [0, 0.1) is 11.6 Å². The Balaban J connectivity index is 1.77. The Labute approximate surface area is 181 Å². The van der Waals surface area contributed by atoms with Gasteiger partial charge in [-0.2, -0.15) is 0 Å². The number of nitrogen functional groups attached to an aromatic ring is 1. The summed E-state index contributed by atoms with van der Waals surface area (Å²) in [5.41, 5.74) is 7.17. The van der Waals surface area contributed by atoms with Gasteiger partial charge in [0.1, 0.15) is 5.75 Å². The molecule has 0 bridgehead atoms. The van der Waals surface area contributed by atoms with E-state index in [-0.39, 0.29) is 5.56 Å². The van der Waals surface area contributed by atoms with Gasteiger partial charge in [-0.25, -0.2) is 8.78 Å². The van der Waals surface area contributed by atoms with Crippen molar-refractivity contribution >= 4 is 34.8 Å². The number of halogens is 4. The summed E-state index contributed by atoms with van der Waals surface area (Å²) in [7, 11) is 0. The zero-order chi connectivity index (χ0) is 21.4. The molecule has 1 unspecified atom stereocenters.